The summed E-state index contributed by atoms with van der Waals surface area (Å²) in [5.41, 5.74) is 0.956. The Labute approximate surface area is 101 Å². The van der Waals surface area contributed by atoms with Crippen molar-refractivity contribution in [3.8, 4) is 0 Å². The number of hydrogen-bond donors (Lipinski definition) is 2. The van der Waals surface area contributed by atoms with Gasteiger partial charge in [0.15, 0.2) is 0 Å². The predicted molar refractivity (Wildman–Crippen MR) is 62.4 cm³/mol. The summed E-state index contributed by atoms with van der Waals surface area (Å²) in [5, 5.41) is 8.60. The molecular weight excluding hydrogens is 244 g/mol. The second-order valence-electron chi connectivity index (χ2n) is 3.81. The van der Waals surface area contributed by atoms with Gasteiger partial charge < -0.3 is 9.84 Å². The summed E-state index contributed by atoms with van der Waals surface area (Å²) in [4.78, 5) is -0.0666. The average molecular weight is 260 g/mol. The van der Waals surface area contributed by atoms with Crippen LogP contribution in [0, 0.1) is 6.92 Å². The number of benzene rings is 1. The molecule has 1 aromatic carbocycles. The third kappa shape index (κ3) is 5.27. The zero-order chi connectivity index (χ0) is 12.9. The molecule has 6 heteroatoms. The fourth-order valence-electron chi connectivity index (χ4n) is 1.23. The fourth-order valence-corrected chi connectivity index (χ4v) is 1.71. The Balaban J connectivity index is 0.000000202. The van der Waals surface area contributed by atoms with E-state index in [1.165, 1.54) is 12.1 Å². The van der Waals surface area contributed by atoms with E-state index in [0.717, 1.165) is 18.6 Å². The van der Waals surface area contributed by atoms with Crippen LogP contribution >= 0.6 is 0 Å². The average Bonchev–Trinajstić information content (AvgIpc) is 2.69. The van der Waals surface area contributed by atoms with E-state index in [0.29, 0.717) is 6.61 Å². The van der Waals surface area contributed by atoms with E-state index in [1.54, 1.807) is 12.1 Å². The minimum Gasteiger partial charge on any atom is -0.391 e. The van der Waals surface area contributed by atoms with Crippen LogP contribution < -0.4 is 0 Å². The Morgan fingerprint density at radius 3 is 2.18 bits per heavy atom. The molecule has 1 saturated heterocycles. The van der Waals surface area contributed by atoms with Crippen molar-refractivity contribution in [2.75, 3.05) is 13.2 Å². The molecular formula is C11H16O5S. The Bertz CT molecular complexity index is 431. The smallest absolute Gasteiger partial charge is 0.294 e. The van der Waals surface area contributed by atoms with Crippen LogP contribution in [-0.2, 0) is 14.9 Å². The molecule has 0 radical (unpaired) electrons. The highest BCUT2D eigenvalue weighted by Crippen LogP contribution is 2.08. The molecule has 0 aromatic heterocycles. The SMILES string of the molecule is Cc1ccc(S(=O)(=O)O)cc1.OC1CCOC1. The van der Waals surface area contributed by atoms with Gasteiger partial charge in [-0.3, -0.25) is 4.55 Å². The standard InChI is InChI=1S/C7H8O3S.C4H8O2/c1-6-2-4-7(5-3-6)11(8,9)10;5-4-1-2-6-3-4/h2-5H,1H3,(H,8,9,10);4-5H,1-3H2. The lowest BCUT2D eigenvalue weighted by molar-refractivity contribution is 0.127. The summed E-state index contributed by atoms with van der Waals surface area (Å²) in [6, 6.07) is 5.99. The second kappa shape index (κ2) is 6.11. The van der Waals surface area contributed by atoms with Crippen LogP contribution in [0.2, 0.25) is 0 Å². The molecule has 1 atom stereocenters. The molecule has 0 spiro atoms. The predicted octanol–water partition coefficient (Wildman–Crippen LogP) is 1.01. The molecule has 96 valence electrons. The van der Waals surface area contributed by atoms with Gasteiger partial charge in [-0.05, 0) is 25.5 Å². The first kappa shape index (κ1) is 14.1. The molecule has 2 N–H and O–H groups in total. The number of rotatable bonds is 1. The molecule has 2 rings (SSSR count). The first-order valence-electron chi connectivity index (χ1n) is 5.19. The van der Waals surface area contributed by atoms with Gasteiger partial charge in [-0.2, -0.15) is 8.42 Å². The van der Waals surface area contributed by atoms with Gasteiger partial charge >= 0.3 is 0 Å². The van der Waals surface area contributed by atoms with E-state index < -0.39 is 10.1 Å². The molecule has 17 heavy (non-hydrogen) atoms. The fraction of sp³-hybridized carbons (Fsp3) is 0.455. The summed E-state index contributed by atoms with van der Waals surface area (Å²) in [7, 11) is -4.02. The molecule has 0 amide bonds. The maximum absolute atomic E-state index is 10.5. The number of hydrogen-bond acceptors (Lipinski definition) is 4. The van der Waals surface area contributed by atoms with Crippen LogP contribution in [0.25, 0.3) is 0 Å². The summed E-state index contributed by atoms with van der Waals surface area (Å²) in [6.07, 6.45) is 0.644. The zero-order valence-corrected chi connectivity index (χ0v) is 10.4. The number of ether oxygens (including phenoxy) is 1. The molecule has 1 fully saturated rings. The maximum Gasteiger partial charge on any atom is 0.294 e. The highest BCUT2D eigenvalue weighted by Gasteiger charge is 2.09. The minimum absolute atomic E-state index is 0.0666. The van der Waals surface area contributed by atoms with Crippen molar-refractivity contribution in [2.24, 2.45) is 0 Å². The first-order chi connectivity index (χ1) is 7.89. The lowest BCUT2D eigenvalue weighted by atomic mass is 10.2. The third-order valence-electron chi connectivity index (χ3n) is 2.22. The lowest BCUT2D eigenvalue weighted by Gasteiger charge is -1.95. The van der Waals surface area contributed by atoms with E-state index in [2.05, 4.69) is 0 Å². The molecule has 0 bridgehead atoms. The molecule has 1 aliphatic heterocycles. The second-order valence-corrected chi connectivity index (χ2v) is 5.23. The highest BCUT2D eigenvalue weighted by atomic mass is 32.2. The van der Waals surface area contributed by atoms with Crippen molar-refractivity contribution in [1.82, 2.24) is 0 Å². The lowest BCUT2D eigenvalue weighted by Crippen LogP contribution is -2.02. The molecule has 0 aliphatic carbocycles. The third-order valence-corrected chi connectivity index (χ3v) is 3.09. The summed E-state index contributed by atoms with van der Waals surface area (Å²) < 4.78 is 34.4. The number of aliphatic hydroxyl groups is 1. The Kier molecular flexibility index (Phi) is 5.07. The van der Waals surface area contributed by atoms with Crippen LogP contribution in [0.5, 0.6) is 0 Å². The number of aryl methyl sites for hydroxylation is 1. The van der Waals surface area contributed by atoms with Gasteiger partial charge in [-0.15, -0.1) is 0 Å². The Morgan fingerprint density at radius 2 is 1.88 bits per heavy atom. The number of aliphatic hydroxyl groups excluding tert-OH is 1. The van der Waals surface area contributed by atoms with Crippen molar-refractivity contribution >= 4 is 10.1 Å². The van der Waals surface area contributed by atoms with Crippen LogP contribution in [-0.4, -0.2) is 37.4 Å². The molecule has 1 aromatic rings. The Hall–Kier alpha value is -0.950. The molecule has 1 aliphatic rings. The van der Waals surface area contributed by atoms with E-state index in [4.69, 9.17) is 14.4 Å². The van der Waals surface area contributed by atoms with Crippen LogP contribution in [0.3, 0.4) is 0 Å². The van der Waals surface area contributed by atoms with E-state index in [9.17, 15) is 8.42 Å². The van der Waals surface area contributed by atoms with Crippen molar-refractivity contribution in [3.63, 3.8) is 0 Å². The highest BCUT2D eigenvalue weighted by molar-refractivity contribution is 7.85. The van der Waals surface area contributed by atoms with E-state index in [-0.39, 0.29) is 11.0 Å². The Morgan fingerprint density at radius 1 is 1.29 bits per heavy atom. The van der Waals surface area contributed by atoms with Gasteiger partial charge in [0.25, 0.3) is 10.1 Å². The van der Waals surface area contributed by atoms with Gasteiger partial charge in [0.1, 0.15) is 0 Å². The van der Waals surface area contributed by atoms with Crippen LogP contribution in [0.1, 0.15) is 12.0 Å². The van der Waals surface area contributed by atoms with E-state index in [1.807, 2.05) is 6.92 Å². The molecule has 0 saturated carbocycles. The van der Waals surface area contributed by atoms with Crippen molar-refractivity contribution in [1.29, 1.82) is 0 Å². The molecule has 5 nitrogen and oxygen atoms in total. The van der Waals surface area contributed by atoms with Gasteiger partial charge in [0.2, 0.25) is 0 Å². The topological polar surface area (TPSA) is 83.8 Å². The van der Waals surface area contributed by atoms with Crippen molar-refractivity contribution in [2.45, 2.75) is 24.3 Å². The normalized spacial score (nSPS) is 19.6. The quantitative estimate of drug-likeness (QED) is 0.736. The van der Waals surface area contributed by atoms with Gasteiger partial charge in [0, 0.05) is 6.61 Å². The molecule has 1 unspecified atom stereocenters. The van der Waals surface area contributed by atoms with E-state index >= 15 is 0 Å². The first-order valence-corrected chi connectivity index (χ1v) is 6.63. The summed E-state index contributed by atoms with van der Waals surface area (Å²) in [6.45, 7) is 3.12. The minimum atomic E-state index is -4.02. The summed E-state index contributed by atoms with van der Waals surface area (Å²) >= 11 is 0. The van der Waals surface area contributed by atoms with Gasteiger partial charge in [-0.25, -0.2) is 0 Å². The van der Waals surface area contributed by atoms with Crippen molar-refractivity contribution in [3.05, 3.63) is 29.8 Å². The van der Waals surface area contributed by atoms with Gasteiger partial charge in [-0.1, -0.05) is 17.7 Å². The maximum atomic E-state index is 10.5. The van der Waals surface area contributed by atoms with Gasteiger partial charge in [0.05, 0.1) is 17.6 Å². The molecule has 1 heterocycles. The van der Waals surface area contributed by atoms with Crippen molar-refractivity contribution < 1.29 is 22.8 Å². The van der Waals surface area contributed by atoms with Crippen LogP contribution in [0.15, 0.2) is 29.2 Å². The van der Waals surface area contributed by atoms with Crippen LogP contribution in [0.4, 0.5) is 0 Å². The largest absolute Gasteiger partial charge is 0.391 e. The monoisotopic (exact) mass is 260 g/mol. The summed E-state index contributed by atoms with van der Waals surface area (Å²) in [5.74, 6) is 0. The zero-order valence-electron chi connectivity index (χ0n) is 9.54.